The molecule has 2 atom stereocenters. The molecule has 1 aliphatic heterocycles. The number of ether oxygens (including phenoxy) is 1. The fraction of sp³-hybridized carbons (Fsp3) is 0.600. The maximum Gasteiger partial charge on any atom is 0.122 e. The van der Waals surface area contributed by atoms with Crippen LogP contribution in [0.25, 0.3) is 0 Å². The van der Waals surface area contributed by atoms with E-state index in [1.807, 2.05) is 13.0 Å². The van der Waals surface area contributed by atoms with Crippen LogP contribution < -0.4 is 10.1 Å². The lowest BCUT2D eigenvalue weighted by atomic mass is 9.92. The zero-order valence-corrected chi connectivity index (χ0v) is 10.9. The van der Waals surface area contributed by atoms with Crippen molar-refractivity contribution in [1.82, 2.24) is 5.32 Å². The minimum absolute atomic E-state index is 0.618. The van der Waals surface area contributed by atoms with Crippen molar-refractivity contribution < 1.29 is 4.74 Å². The second-order valence-electron chi connectivity index (χ2n) is 5.03. The van der Waals surface area contributed by atoms with E-state index in [1.165, 1.54) is 18.4 Å². The van der Waals surface area contributed by atoms with E-state index in [4.69, 9.17) is 4.74 Å². The topological polar surface area (TPSA) is 21.3 Å². The van der Waals surface area contributed by atoms with Crippen LogP contribution in [-0.2, 0) is 6.42 Å². The molecule has 94 valence electrons. The van der Waals surface area contributed by atoms with E-state index >= 15 is 0 Å². The summed E-state index contributed by atoms with van der Waals surface area (Å²) in [4.78, 5) is 0. The highest BCUT2D eigenvalue weighted by atomic mass is 16.5. The summed E-state index contributed by atoms with van der Waals surface area (Å²) >= 11 is 0. The predicted molar refractivity (Wildman–Crippen MR) is 71.5 cm³/mol. The van der Waals surface area contributed by atoms with Crippen LogP contribution in [0.15, 0.2) is 24.3 Å². The summed E-state index contributed by atoms with van der Waals surface area (Å²) in [6.07, 6.45) is 3.71. The molecule has 2 rings (SSSR count). The van der Waals surface area contributed by atoms with Gasteiger partial charge in [0, 0.05) is 6.04 Å². The Hall–Kier alpha value is -1.02. The van der Waals surface area contributed by atoms with Gasteiger partial charge in [0.15, 0.2) is 0 Å². The summed E-state index contributed by atoms with van der Waals surface area (Å²) in [6, 6.07) is 9.02. The van der Waals surface area contributed by atoms with Gasteiger partial charge in [-0.1, -0.05) is 25.1 Å². The number of hydrogen-bond donors (Lipinski definition) is 1. The quantitative estimate of drug-likeness (QED) is 0.863. The summed E-state index contributed by atoms with van der Waals surface area (Å²) in [6.45, 7) is 6.25. The van der Waals surface area contributed by atoms with Gasteiger partial charge < -0.3 is 10.1 Å². The van der Waals surface area contributed by atoms with Crippen molar-refractivity contribution in [2.75, 3.05) is 13.2 Å². The Morgan fingerprint density at radius 1 is 1.29 bits per heavy atom. The van der Waals surface area contributed by atoms with Crippen molar-refractivity contribution in [3.8, 4) is 5.75 Å². The minimum Gasteiger partial charge on any atom is -0.494 e. The van der Waals surface area contributed by atoms with Crippen molar-refractivity contribution in [1.29, 1.82) is 0 Å². The van der Waals surface area contributed by atoms with Gasteiger partial charge in [0.2, 0.25) is 0 Å². The van der Waals surface area contributed by atoms with Crippen LogP contribution >= 0.6 is 0 Å². The Labute approximate surface area is 104 Å². The molecule has 1 aromatic carbocycles. The molecule has 1 heterocycles. The Morgan fingerprint density at radius 2 is 2.12 bits per heavy atom. The van der Waals surface area contributed by atoms with E-state index in [2.05, 4.69) is 30.4 Å². The summed E-state index contributed by atoms with van der Waals surface area (Å²) in [7, 11) is 0. The van der Waals surface area contributed by atoms with Gasteiger partial charge in [-0.25, -0.2) is 0 Å². The van der Waals surface area contributed by atoms with Crippen molar-refractivity contribution in [3.05, 3.63) is 29.8 Å². The van der Waals surface area contributed by atoms with Gasteiger partial charge in [0.25, 0.3) is 0 Å². The monoisotopic (exact) mass is 233 g/mol. The maximum absolute atomic E-state index is 5.67. The van der Waals surface area contributed by atoms with Crippen molar-refractivity contribution >= 4 is 0 Å². The molecule has 0 saturated carbocycles. The van der Waals surface area contributed by atoms with Gasteiger partial charge in [0.05, 0.1) is 6.61 Å². The highest BCUT2D eigenvalue weighted by molar-refractivity contribution is 5.34. The number of hydrogen-bond acceptors (Lipinski definition) is 2. The van der Waals surface area contributed by atoms with E-state index in [1.54, 1.807) is 0 Å². The molecular formula is C15H23NO. The number of rotatable bonds is 4. The lowest BCUT2D eigenvalue weighted by Gasteiger charge is -2.28. The first-order valence-electron chi connectivity index (χ1n) is 6.73. The predicted octanol–water partition coefficient (Wildman–Crippen LogP) is 3.02. The van der Waals surface area contributed by atoms with Crippen LogP contribution in [-0.4, -0.2) is 19.2 Å². The Bertz CT molecular complexity index is 343. The molecule has 17 heavy (non-hydrogen) atoms. The first-order valence-corrected chi connectivity index (χ1v) is 6.73. The molecule has 0 radical (unpaired) electrons. The van der Waals surface area contributed by atoms with Gasteiger partial charge >= 0.3 is 0 Å². The Kier molecular flexibility index (Phi) is 4.43. The van der Waals surface area contributed by atoms with Crippen molar-refractivity contribution in [3.63, 3.8) is 0 Å². The first-order chi connectivity index (χ1) is 8.29. The van der Waals surface area contributed by atoms with Crippen molar-refractivity contribution in [2.24, 2.45) is 5.92 Å². The van der Waals surface area contributed by atoms with Crippen molar-refractivity contribution in [2.45, 2.75) is 39.2 Å². The summed E-state index contributed by atoms with van der Waals surface area (Å²) in [5, 5.41) is 3.63. The number of nitrogens with one attached hydrogen (secondary N) is 1. The molecule has 0 bridgehead atoms. The second-order valence-corrected chi connectivity index (χ2v) is 5.03. The lowest BCUT2D eigenvalue weighted by molar-refractivity contribution is 0.314. The number of benzene rings is 1. The van der Waals surface area contributed by atoms with Gasteiger partial charge in [-0.2, -0.15) is 0 Å². The standard InChI is InChI=1S/C15H23NO/c1-3-17-15-7-5-4-6-13(15)10-14-9-8-12(2)11-16-14/h4-7,12,14,16H,3,8-11H2,1-2H3. The molecule has 1 aromatic rings. The lowest BCUT2D eigenvalue weighted by Crippen LogP contribution is -2.39. The van der Waals surface area contributed by atoms with Gasteiger partial charge in [0.1, 0.15) is 5.75 Å². The van der Waals surface area contributed by atoms with Gasteiger partial charge in [-0.05, 0) is 50.3 Å². The summed E-state index contributed by atoms with van der Waals surface area (Å²) < 4.78 is 5.67. The average Bonchev–Trinajstić information content (AvgIpc) is 2.35. The zero-order valence-electron chi connectivity index (χ0n) is 10.9. The Balaban J connectivity index is 1.98. The second kappa shape index (κ2) is 6.06. The molecule has 1 saturated heterocycles. The van der Waals surface area contributed by atoms with Crippen LogP contribution in [0.2, 0.25) is 0 Å². The van der Waals surface area contributed by atoms with Crippen LogP contribution in [0, 0.1) is 5.92 Å². The molecule has 0 aliphatic carbocycles. The first kappa shape index (κ1) is 12.4. The van der Waals surface area contributed by atoms with E-state index < -0.39 is 0 Å². The highest BCUT2D eigenvalue weighted by Crippen LogP contribution is 2.23. The molecule has 1 fully saturated rings. The van der Waals surface area contributed by atoms with Crippen LogP contribution in [0.3, 0.4) is 0 Å². The van der Waals surface area contributed by atoms with Crippen LogP contribution in [0.4, 0.5) is 0 Å². The molecule has 0 aromatic heterocycles. The van der Waals surface area contributed by atoms with Gasteiger partial charge in [-0.15, -0.1) is 0 Å². The summed E-state index contributed by atoms with van der Waals surface area (Å²) in [5.74, 6) is 1.88. The highest BCUT2D eigenvalue weighted by Gasteiger charge is 2.18. The van der Waals surface area contributed by atoms with Gasteiger partial charge in [-0.3, -0.25) is 0 Å². The van der Waals surface area contributed by atoms with Crippen LogP contribution in [0.5, 0.6) is 5.75 Å². The fourth-order valence-corrected chi connectivity index (χ4v) is 2.47. The molecular weight excluding hydrogens is 210 g/mol. The SMILES string of the molecule is CCOc1ccccc1CC1CCC(C)CN1. The zero-order chi connectivity index (χ0) is 12.1. The summed E-state index contributed by atoms with van der Waals surface area (Å²) in [5.41, 5.74) is 1.33. The minimum atomic E-state index is 0.618. The largest absolute Gasteiger partial charge is 0.494 e. The molecule has 2 heteroatoms. The molecule has 2 nitrogen and oxygen atoms in total. The molecule has 0 spiro atoms. The van der Waals surface area contributed by atoms with E-state index in [0.29, 0.717) is 6.04 Å². The molecule has 2 unspecified atom stereocenters. The smallest absolute Gasteiger partial charge is 0.122 e. The van der Waals surface area contributed by atoms with E-state index in [9.17, 15) is 0 Å². The van der Waals surface area contributed by atoms with Crippen LogP contribution in [0.1, 0.15) is 32.3 Å². The van der Waals surface area contributed by atoms with E-state index in [-0.39, 0.29) is 0 Å². The fourth-order valence-electron chi connectivity index (χ4n) is 2.47. The third kappa shape index (κ3) is 3.47. The molecule has 1 aliphatic rings. The van der Waals surface area contributed by atoms with E-state index in [0.717, 1.165) is 31.2 Å². The third-order valence-electron chi connectivity index (χ3n) is 3.50. The average molecular weight is 233 g/mol. The molecule has 1 N–H and O–H groups in total. The third-order valence-corrected chi connectivity index (χ3v) is 3.50. The molecule has 0 amide bonds. The normalized spacial score (nSPS) is 24.6. The maximum atomic E-state index is 5.67. The number of piperidine rings is 1. The number of para-hydroxylation sites is 1. The Morgan fingerprint density at radius 3 is 2.82 bits per heavy atom.